The smallest absolute Gasteiger partial charge is 0.343 e. The fourth-order valence-corrected chi connectivity index (χ4v) is 2.67. The predicted molar refractivity (Wildman–Crippen MR) is 77.3 cm³/mol. The molecule has 106 valence electrons. The van der Waals surface area contributed by atoms with Crippen LogP contribution >= 0.6 is 0 Å². The van der Waals surface area contributed by atoms with Crippen LogP contribution in [0.1, 0.15) is 42.9 Å². The molecule has 0 bridgehead atoms. The second-order valence-corrected chi connectivity index (χ2v) is 5.41. The van der Waals surface area contributed by atoms with Crippen molar-refractivity contribution in [2.45, 2.75) is 40.0 Å². The Kier molecular flexibility index (Phi) is 3.66. The van der Waals surface area contributed by atoms with E-state index in [1.165, 1.54) is 6.92 Å². The lowest BCUT2D eigenvalue weighted by Gasteiger charge is -2.13. The number of hydrogen-bond acceptors (Lipinski definition) is 4. The maximum atomic E-state index is 12.1. The van der Waals surface area contributed by atoms with E-state index in [1.54, 1.807) is 13.0 Å². The summed E-state index contributed by atoms with van der Waals surface area (Å²) >= 11 is 0. The summed E-state index contributed by atoms with van der Waals surface area (Å²) < 4.78 is 5.31. The van der Waals surface area contributed by atoms with Gasteiger partial charge in [-0.2, -0.15) is 0 Å². The summed E-state index contributed by atoms with van der Waals surface area (Å²) in [5.74, 6) is -0.464. The van der Waals surface area contributed by atoms with E-state index in [-0.39, 0.29) is 29.4 Å². The second-order valence-electron chi connectivity index (χ2n) is 5.41. The maximum absolute atomic E-state index is 12.1. The predicted octanol–water partition coefficient (Wildman–Crippen LogP) is 3.20. The molecule has 0 radical (unpaired) electrons. The summed E-state index contributed by atoms with van der Waals surface area (Å²) in [6.45, 7) is 6.96. The number of aromatic hydroxyl groups is 1. The standard InChI is InChI=1S/C16H18O4/c1-8-5-9(2)13-12(6-8)20-16(19)14(15(13)18)10(3)7-11(4)17/h5-6,10,18H,7H2,1-4H3. The normalized spacial score (nSPS) is 12.6. The van der Waals surface area contributed by atoms with Crippen molar-refractivity contribution in [3.05, 3.63) is 39.2 Å². The number of carbonyl (C=O) groups is 1. The molecule has 0 saturated heterocycles. The lowest BCUT2D eigenvalue weighted by atomic mass is 9.94. The molecular weight excluding hydrogens is 256 g/mol. The highest BCUT2D eigenvalue weighted by Gasteiger charge is 2.21. The summed E-state index contributed by atoms with van der Waals surface area (Å²) in [5, 5.41) is 11.0. The molecule has 0 aliphatic rings. The van der Waals surface area contributed by atoms with Crippen LogP contribution in [0.5, 0.6) is 5.75 Å². The molecule has 1 heterocycles. The van der Waals surface area contributed by atoms with Crippen LogP contribution in [-0.2, 0) is 4.79 Å². The number of fused-ring (bicyclic) bond motifs is 1. The Labute approximate surface area is 117 Å². The van der Waals surface area contributed by atoms with Crippen molar-refractivity contribution in [3.63, 3.8) is 0 Å². The number of carbonyl (C=O) groups excluding carboxylic acids is 1. The zero-order valence-electron chi connectivity index (χ0n) is 12.1. The minimum Gasteiger partial charge on any atom is -0.507 e. The molecule has 0 spiro atoms. The van der Waals surface area contributed by atoms with Crippen LogP contribution in [0.2, 0.25) is 0 Å². The third kappa shape index (κ3) is 2.46. The Morgan fingerprint density at radius 3 is 2.60 bits per heavy atom. The summed E-state index contributed by atoms with van der Waals surface area (Å²) in [4.78, 5) is 23.3. The Morgan fingerprint density at radius 1 is 1.35 bits per heavy atom. The van der Waals surface area contributed by atoms with Crippen molar-refractivity contribution in [2.75, 3.05) is 0 Å². The SMILES string of the molecule is CC(=O)CC(C)c1c(O)c2c(C)cc(C)cc2oc1=O. The average Bonchev–Trinajstić information content (AvgIpc) is 2.25. The van der Waals surface area contributed by atoms with Gasteiger partial charge in [0.1, 0.15) is 17.1 Å². The van der Waals surface area contributed by atoms with Gasteiger partial charge in [-0.15, -0.1) is 0 Å². The monoisotopic (exact) mass is 274 g/mol. The van der Waals surface area contributed by atoms with Crippen LogP contribution in [0.4, 0.5) is 0 Å². The Morgan fingerprint density at radius 2 is 2.00 bits per heavy atom. The van der Waals surface area contributed by atoms with E-state index in [0.717, 1.165) is 11.1 Å². The summed E-state index contributed by atoms with van der Waals surface area (Å²) in [5.41, 5.74) is 1.79. The number of rotatable bonds is 3. The van der Waals surface area contributed by atoms with Crippen molar-refractivity contribution < 1.29 is 14.3 Å². The zero-order valence-corrected chi connectivity index (χ0v) is 12.1. The van der Waals surface area contributed by atoms with Gasteiger partial charge in [-0.05, 0) is 43.9 Å². The molecule has 1 aromatic carbocycles. The Balaban J connectivity index is 2.75. The van der Waals surface area contributed by atoms with E-state index in [1.807, 2.05) is 19.9 Å². The molecule has 0 fully saturated rings. The molecular formula is C16H18O4. The number of Topliss-reactive ketones (excluding diaryl/α,β-unsaturated/α-hetero) is 1. The molecule has 0 amide bonds. The largest absolute Gasteiger partial charge is 0.507 e. The average molecular weight is 274 g/mol. The van der Waals surface area contributed by atoms with Gasteiger partial charge in [-0.1, -0.05) is 13.0 Å². The van der Waals surface area contributed by atoms with Crippen molar-refractivity contribution in [3.8, 4) is 5.75 Å². The molecule has 20 heavy (non-hydrogen) atoms. The van der Waals surface area contributed by atoms with Gasteiger partial charge >= 0.3 is 5.63 Å². The quantitative estimate of drug-likeness (QED) is 0.873. The fourth-order valence-electron chi connectivity index (χ4n) is 2.67. The third-order valence-corrected chi connectivity index (χ3v) is 3.44. The molecule has 2 rings (SSSR count). The van der Waals surface area contributed by atoms with Gasteiger partial charge in [0.2, 0.25) is 0 Å². The maximum Gasteiger partial charge on any atom is 0.343 e. The van der Waals surface area contributed by atoms with Gasteiger partial charge in [0, 0.05) is 6.42 Å². The zero-order chi connectivity index (χ0) is 15.0. The van der Waals surface area contributed by atoms with Gasteiger partial charge in [0.05, 0.1) is 10.9 Å². The molecule has 1 aromatic heterocycles. The molecule has 4 heteroatoms. The first-order valence-electron chi connectivity index (χ1n) is 6.57. The van der Waals surface area contributed by atoms with E-state index in [4.69, 9.17) is 4.42 Å². The second kappa shape index (κ2) is 5.12. The van der Waals surface area contributed by atoms with Crippen molar-refractivity contribution in [1.82, 2.24) is 0 Å². The van der Waals surface area contributed by atoms with Crippen LogP contribution in [0.15, 0.2) is 21.3 Å². The van der Waals surface area contributed by atoms with E-state index in [9.17, 15) is 14.7 Å². The highest BCUT2D eigenvalue weighted by atomic mass is 16.4. The third-order valence-electron chi connectivity index (χ3n) is 3.44. The van der Waals surface area contributed by atoms with Crippen molar-refractivity contribution >= 4 is 16.8 Å². The van der Waals surface area contributed by atoms with E-state index >= 15 is 0 Å². The highest BCUT2D eigenvalue weighted by Crippen LogP contribution is 2.34. The lowest BCUT2D eigenvalue weighted by Crippen LogP contribution is -2.13. The molecule has 4 nitrogen and oxygen atoms in total. The summed E-state index contributed by atoms with van der Waals surface area (Å²) in [7, 11) is 0. The van der Waals surface area contributed by atoms with Gasteiger partial charge in [-0.3, -0.25) is 0 Å². The Hall–Kier alpha value is -2.10. The van der Waals surface area contributed by atoms with Crippen LogP contribution in [0, 0.1) is 13.8 Å². The first-order valence-corrected chi connectivity index (χ1v) is 6.57. The topological polar surface area (TPSA) is 67.5 Å². The van der Waals surface area contributed by atoms with Gasteiger partial charge in [0.25, 0.3) is 0 Å². The van der Waals surface area contributed by atoms with Crippen molar-refractivity contribution in [2.24, 2.45) is 0 Å². The summed E-state index contributed by atoms with van der Waals surface area (Å²) in [6.07, 6.45) is 0.203. The first kappa shape index (κ1) is 14.3. The van der Waals surface area contributed by atoms with Crippen LogP contribution < -0.4 is 5.63 Å². The minimum absolute atomic E-state index is 0.0305. The first-order chi connectivity index (χ1) is 9.31. The summed E-state index contributed by atoms with van der Waals surface area (Å²) in [6, 6.07) is 3.64. The molecule has 0 saturated carbocycles. The molecule has 0 aliphatic heterocycles. The van der Waals surface area contributed by atoms with E-state index in [2.05, 4.69) is 0 Å². The molecule has 1 unspecified atom stereocenters. The van der Waals surface area contributed by atoms with Crippen LogP contribution in [0.3, 0.4) is 0 Å². The molecule has 2 aromatic rings. The molecule has 1 N–H and O–H groups in total. The number of aryl methyl sites for hydroxylation is 2. The van der Waals surface area contributed by atoms with E-state index in [0.29, 0.717) is 11.0 Å². The molecule has 1 atom stereocenters. The number of benzene rings is 1. The van der Waals surface area contributed by atoms with Crippen LogP contribution in [0.25, 0.3) is 11.0 Å². The minimum atomic E-state index is -0.575. The number of hydrogen-bond donors (Lipinski definition) is 1. The Bertz CT molecular complexity index is 740. The number of ketones is 1. The van der Waals surface area contributed by atoms with E-state index < -0.39 is 5.63 Å². The van der Waals surface area contributed by atoms with Crippen LogP contribution in [-0.4, -0.2) is 10.9 Å². The highest BCUT2D eigenvalue weighted by molar-refractivity contribution is 5.88. The fraction of sp³-hybridized carbons (Fsp3) is 0.375. The van der Waals surface area contributed by atoms with Gasteiger partial charge < -0.3 is 14.3 Å². The van der Waals surface area contributed by atoms with Gasteiger partial charge in [0.15, 0.2) is 0 Å². The molecule has 0 aliphatic carbocycles. The van der Waals surface area contributed by atoms with Crippen molar-refractivity contribution in [1.29, 1.82) is 0 Å². The van der Waals surface area contributed by atoms with Gasteiger partial charge in [-0.25, -0.2) is 4.79 Å². The lowest BCUT2D eigenvalue weighted by molar-refractivity contribution is -0.117.